The Morgan fingerprint density at radius 2 is 1.57 bits per heavy atom. The van der Waals surface area contributed by atoms with Gasteiger partial charge >= 0.3 is 0 Å². The lowest BCUT2D eigenvalue weighted by molar-refractivity contribution is 0.121. The minimum absolute atomic E-state index is 1.02. The summed E-state index contributed by atoms with van der Waals surface area (Å²) in [6.07, 6.45) is 5.61. The van der Waals surface area contributed by atoms with Gasteiger partial charge in [0.05, 0.1) is 0 Å². The third-order valence-corrected chi connectivity index (χ3v) is 4.13. The summed E-state index contributed by atoms with van der Waals surface area (Å²) in [5, 5.41) is 0. The summed E-state index contributed by atoms with van der Waals surface area (Å²) in [5.74, 6) is 0. The Morgan fingerprint density at radius 3 is 2.24 bits per heavy atom. The topological polar surface area (TPSA) is 32.3 Å². The summed E-state index contributed by atoms with van der Waals surface area (Å²) in [7, 11) is 0. The Hall–Kier alpha value is -1.78. The van der Waals surface area contributed by atoms with E-state index in [4.69, 9.17) is 0 Å². The molecular formula is C17H22N4. The minimum Gasteiger partial charge on any atom is -0.297 e. The smallest absolute Gasteiger partial charge is 0.0417 e. The van der Waals surface area contributed by atoms with E-state index in [1.165, 1.54) is 11.1 Å². The Labute approximate surface area is 126 Å². The van der Waals surface area contributed by atoms with E-state index in [0.29, 0.717) is 0 Å². The van der Waals surface area contributed by atoms with E-state index in [1.54, 1.807) is 0 Å². The summed E-state index contributed by atoms with van der Waals surface area (Å²) >= 11 is 0. The molecule has 0 aromatic carbocycles. The number of rotatable bonds is 4. The van der Waals surface area contributed by atoms with Crippen molar-refractivity contribution >= 4 is 0 Å². The van der Waals surface area contributed by atoms with Crippen LogP contribution in [0, 0.1) is 6.92 Å². The first-order valence-electron chi connectivity index (χ1n) is 7.55. The van der Waals surface area contributed by atoms with Gasteiger partial charge in [0.25, 0.3) is 0 Å². The molecule has 0 aliphatic carbocycles. The highest BCUT2D eigenvalue weighted by Crippen LogP contribution is 2.12. The zero-order valence-corrected chi connectivity index (χ0v) is 12.6. The molecular weight excluding hydrogens is 260 g/mol. The van der Waals surface area contributed by atoms with E-state index >= 15 is 0 Å². The van der Waals surface area contributed by atoms with Gasteiger partial charge in [0.15, 0.2) is 0 Å². The first kappa shape index (κ1) is 14.2. The average Bonchev–Trinajstić information content (AvgIpc) is 2.52. The summed E-state index contributed by atoms with van der Waals surface area (Å²) in [6, 6.07) is 8.42. The van der Waals surface area contributed by atoms with E-state index in [2.05, 4.69) is 44.9 Å². The molecule has 0 saturated carbocycles. The van der Waals surface area contributed by atoms with Crippen molar-refractivity contribution < 1.29 is 0 Å². The normalized spacial score (nSPS) is 17.0. The molecule has 110 valence electrons. The monoisotopic (exact) mass is 282 g/mol. The predicted octanol–water partition coefficient (Wildman–Crippen LogP) is 2.10. The molecule has 4 heteroatoms. The molecule has 0 atom stereocenters. The fourth-order valence-corrected chi connectivity index (χ4v) is 2.78. The average molecular weight is 282 g/mol. The zero-order valence-electron chi connectivity index (χ0n) is 12.6. The lowest BCUT2D eigenvalue weighted by Crippen LogP contribution is -2.45. The fraction of sp³-hybridized carbons (Fsp3) is 0.412. The number of hydrogen-bond acceptors (Lipinski definition) is 4. The van der Waals surface area contributed by atoms with Gasteiger partial charge in [-0.1, -0.05) is 6.07 Å². The van der Waals surface area contributed by atoms with Crippen molar-refractivity contribution in [1.29, 1.82) is 0 Å². The van der Waals surface area contributed by atoms with Crippen molar-refractivity contribution in [1.82, 2.24) is 19.8 Å². The molecule has 1 fully saturated rings. The Balaban J connectivity index is 1.50. The van der Waals surface area contributed by atoms with E-state index in [1.807, 2.05) is 24.7 Å². The van der Waals surface area contributed by atoms with Crippen LogP contribution >= 0.6 is 0 Å². The molecule has 0 bridgehead atoms. The maximum Gasteiger partial charge on any atom is 0.0417 e. The van der Waals surface area contributed by atoms with Gasteiger partial charge in [0.1, 0.15) is 0 Å². The van der Waals surface area contributed by atoms with Crippen LogP contribution < -0.4 is 0 Å². The second-order valence-corrected chi connectivity index (χ2v) is 5.66. The molecule has 0 radical (unpaired) electrons. The van der Waals surface area contributed by atoms with Crippen LogP contribution in [0.5, 0.6) is 0 Å². The van der Waals surface area contributed by atoms with Crippen LogP contribution in [0.1, 0.15) is 16.8 Å². The van der Waals surface area contributed by atoms with Crippen LogP contribution in [-0.2, 0) is 13.1 Å². The van der Waals surface area contributed by atoms with E-state index in [-0.39, 0.29) is 0 Å². The molecule has 4 nitrogen and oxygen atoms in total. The first-order valence-corrected chi connectivity index (χ1v) is 7.55. The summed E-state index contributed by atoms with van der Waals surface area (Å²) in [4.78, 5) is 13.5. The quantitative estimate of drug-likeness (QED) is 0.859. The summed E-state index contributed by atoms with van der Waals surface area (Å²) in [5.41, 5.74) is 3.85. The molecule has 2 aromatic rings. The fourth-order valence-electron chi connectivity index (χ4n) is 2.78. The van der Waals surface area contributed by atoms with E-state index in [0.717, 1.165) is 45.0 Å². The van der Waals surface area contributed by atoms with Gasteiger partial charge in [-0.05, 0) is 36.2 Å². The summed E-state index contributed by atoms with van der Waals surface area (Å²) < 4.78 is 0. The largest absolute Gasteiger partial charge is 0.297 e. The standard InChI is InChI=1S/C17H22N4/c1-15-17(3-2-6-19-15)14-21-11-9-20(10-12-21)13-16-4-7-18-8-5-16/h2-8H,9-14H2,1H3. The van der Waals surface area contributed by atoms with Crippen LogP contribution in [-0.4, -0.2) is 45.9 Å². The van der Waals surface area contributed by atoms with Crippen LogP contribution in [0.4, 0.5) is 0 Å². The number of pyridine rings is 2. The molecule has 1 saturated heterocycles. The Kier molecular flexibility index (Phi) is 4.58. The molecule has 0 amide bonds. The van der Waals surface area contributed by atoms with Gasteiger partial charge in [-0.3, -0.25) is 19.8 Å². The molecule has 0 spiro atoms. The number of piperazine rings is 1. The molecule has 1 aliphatic rings. The first-order chi connectivity index (χ1) is 10.3. The van der Waals surface area contributed by atoms with Crippen LogP contribution in [0.25, 0.3) is 0 Å². The predicted molar refractivity (Wildman–Crippen MR) is 83.8 cm³/mol. The van der Waals surface area contributed by atoms with Crippen LogP contribution in [0.2, 0.25) is 0 Å². The highest BCUT2D eigenvalue weighted by Gasteiger charge is 2.17. The number of hydrogen-bond donors (Lipinski definition) is 0. The third kappa shape index (κ3) is 3.86. The zero-order chi connectivity index (χ0) is 14.5. The third-order valence-electron chi connectivity index (χ3n) is 4.13. The number of nitrogens with zero attached hydrogens (tertiary/aromatic N) is 4. The molecule has 2 aromatic heterocycles. The van der Waals surface area contributed by atoms with Crippen molar-refractivity contribution in [2.75, 3.05) is 26.2 Å². The van der Waals surface area contributed by atoms with Gasteiger partial charge in [-0.2, -0.15) is 0 Å². The van der Waals surface area contributed by atoms with Crippen LogP contribution in [0.15, 0.2) is 42.9 Å². The molecule has 3 rings (SSSR count). The van der Waals surface area contributed by atoms with Crippen LogP contribution in [0.3, 0.4) is 0 Å². The highest BCUT2D eigenvalue weighted by atomic mass is 15.3. The van der Waals surface area contributed by atoms with Crippen molar-refractivity contribution in [2.24, 2.45) is 0 Å². The van der Waals surface area contributed by atoms with Crippen molar-refractivity contribution in [3.63, 3.8) is 0 Å². The molecule has 1 aliphatic heterocycles. The van der Waals surface area contributed by atoms with Gasteiger partial charge in [0.2, 0.25) is 0 Å². The molecule has 21 heavy (non-hydrogen) atoms. The van der Waals surface area contributed by atoms with Gasteiger partial charge in [0, 0.05) is 63.6 Å². The number of aromatic nitrogens is 2. The Bertz CT molecular complexity index is 562. The minimum atomic E-state index is 1.02. The van der Waals surface area contributed by atoms with Crippen molar-refractivity contribution in [2.45, 2.75) is 20.0 Å². The maximum atomic E-state index is 4.37. The lowest BCUT2D eigenvalue weighted by Gasteiger charge is -2.34. The molecule has 3 heterocycles. The molecule has 0 N–H and O–H groups in total. The van der Waals surface area contributed by atoms with Crippen molar-refractivity contribution in [3.8, 4) is 0 Å². The maximum absolute atomic E-state index is 4.37. The van der Waals surface area contributed by atoms with Gasteiger partial charge in [-0.15, -0.1) is 0 Å². The molecule has 0 unspecified atom stereocenters. The lowest BCUT2D eigenvalue weighted by atomic mass is 10.1. The van der Waals surface area contributed by atoms with E-state index in [9.17, 15) is 0 Å². The van der Waals surface area contributed by atoms with Crippen molar-refractivity contribution in [3.05, 3.63) is 59.7 Å². The second kappa shape index (κ2) is 6.78. The Morgan fingerprint density at radius 1 is 0.905 bits per heavy atom. The highest BCUT2D eigenvalue weighted by molar-refractivity contribution is 5.18. The second-order valence-electron chi connectivity index (χ2n) is 5.66. The van der Waals surface area contributed by atoms with Gasteiger partial charge in [-0.25, -0.2) is 0 Å². The SMILES string of the molecule is Cc1ncccc1CN1CCN(Cc2ccncc2)CC1. The summed E-state index contributed by atoms with van der Waals surface area (Å²) in [6.45, 7) is 8.64. The van der Waals surface area contributed by atoms with E-state index < -0.39 is 0 Å². The number of aryl methyl sites for hydroxylation is 1. The van der Waals surface area contributed by atoms with Gasteiger partial charge < -0.3 is 0 Å².